The van der Waals surface area contributed by atoms with Gasteiger partial charge in [-0.3, -0.25) is 4.79 Å². The second-order valence-electron chi connectivity index (χ2n) is 4.39. The van der Waals surface area contributed by atoms with E-state index in [0.29, 0.717) is 6.42 Å². The van der Waals surface area contributed by atoms with Crippen LogP contribution < -0.4 is 5.73 Å². The highest BCUT2D eigenvalue weighted by molar-refractivity contribution is 5.91. The van der Waals surface area contributed by atoms with Gasteiger partial charge in [0.15, 0.2) is 0 Å². The number of aromatic nitrogens is 1. The van der Waals surface area contributed by atoms with Gasteiger partial charge in [0.05, 0.1) is 11.9 Å². The van der Waals surface area contributed by atoms with Gasteiger partial charge in [-0.25, -0.2) is 0 Å². The maximum Gasteiger partial charge on any atom is 0.221 e. The van der Waals surface area contributed by atoms with Crippen molar-refractivity contribution in [1.82, 2.24) is 4.57 Å². The molecule has 3 nitrogen and oxygen atoms in total. The molecule has 2 aromatic rings. The Morgan fingerprint density at radius 3 is 2.69 bits per heavy atom. The SMILES string of the molecule is Cc1cc(C)c2c(c1)c(CC(N)=O)cn2C. The van der Waals surface area contributed by atoms with E-state index in [1.807, 2.05) is 13.2 Å². The average Bonchev–Trinajstić information content (AvgIpc) is 2.41. The summed E-state index contributed by atoms with van der Waals surface area (Å²) in [5, 5.41) is 1.14. The van der Waals surface area contributed by atoms with Gasteiger partial charge in [-0.2, -0.15) is 0 Å². The van der Waals surface area contributed by atoms with Gasteiger partial charge in [0.25, 0.3) is 0 Å². The molecule has 2 N–H and O–H groups in total. The van der Waals surface area contributed by atoms with Crippen LogP contribution in [0.1, 0.15) is 16.7 Å². The molecule has 1 aromatic carbocycles. The lowest BCUT2D eigenvalue weighted by atomic mass is 10.0. The molecule has 0 aliphatic heterocycles. The van der Waals surface area contributed by atoms with Crippen molar-refractivity contribution in [1.29, 1.82) is 0 Å². The molecule has 1 aromatic heterocycles. The minimum absolute atomic E-state index is 0.286. The van der Waals surface area contributed by atoms with Gasteiger partial charge in [0.2, 0.25) is 5.91 Å². The molecular formula is C13H16N2O. The van der Waals surface area contributed by atoms with E-state index in [9.17, 15) is 4.79 Å². The van der Waals surface area contributed by atoms with Crippen LogP contribution in [0.25, 0.3) is 10.9 Å². The van der Waals surface area contributed by atoms with Crippen LogP contribution in [0.4, 0.5) is 0 Å². The number of nitrogens with two attached hydrogens (primary N) is 1. The second kappa shape index (κ2) is 3.67. The van der Waals surface area contributed by atoms with E-state index in [0.717, 1.165) is 10.9 Å². The minimum atomic E-state index is -0.286. The van der Waals surface area contributed by atoms with Crippen molar-refractivity contribution >= 4 is 16.8 Å². The Morgan fingerprint density at radius 1 is 1.38 bits per heavy atom. The largest absolute Gasteiger partial charge is 0.369 e. The van der Waals surface area contributed by atoms with E-state index in [1.54, 1.807) is 0 Å². The van der Waals surface area contributed by atoms with Crippen molar-refractivity contribution in [2.24, 2.45) is 12.8 Å². The topological polar surface area (TPSA) is 48.0 Å². The fourth-order valence-electron chi connectivity index (χ4n) is 2.37. The lowest BCUT2D eigenvalue weighted by Crippen LogP contribution is -2.13. The molecule has 0 fully saturated rings. The van der Waals surface area contributed by atoms with E-state index in [-0.39, 0.29) is 5.91 Å². The van der Waals surface area contributed by atoms with Crippen LogP contribution in [0.15, 0.2) is 18.3 Å². The molecule has 0 aliphatic carbocycles. The number of nitrogens with zero attached hydrogens (tertiary/aromatic N) is 1. The molecule has 16 heavy (non-hydrogen) atoms. The predicted octanol–water partition coefficient (Wildman–Crippen LogP) is 1.82. The average molecular weight is 216 g/mol. The van der Waals surface area contributed by atoms with Crippen molar-refractivity contribution in [3.63, 3.8) is 0 Å². The third-order valence-electron chi connectivity index (χ3n) is 2.86. The van der Waals surface area contributed by atoms with Crippen LogP contribution in [-0.4, -0.2) is 10.5 Å². The molecule has 0 saturated heterocycles. The molecular weight excluding hydrogens is 200 g/mol. The van der Waals surface area contributed by atoms with Crippen molar-refractivity contribution in [3.05, 3.63) is 35.0 Å². The van der Waals surface area contributed by atoms with Crippen molar-refractivity contribution in [3.8, 4) is 0 Å². The Labute approximate surface area is 94.9 Å². The maximum atomic E-state index is 11.0. The standard InChI is InChI=1S/C13H16N2O/c1-8-4-9(2)13-11(5-8)10(6-12(14)16)7-15(13)3/h4-5,7H,6H2,1-3H3,(H2,14,16). The number of hydrogen-bond acceptors (Lipinski definition) is 1. The normalized spacial score (nSPS) is 10.9. The van der Waals surface area contributed by atoms with Crippen LogP contribution in [0, 0.1) is 13.8 Å². The summed E-state index contributed by atoms with van der Waals surface area (Å²) in [7, 11) is 2.00. The number of rotatable bonds is 2. The molecule has 0 radical (unpaired) electrons. The van der Waals surface area contributed by atoms with Crippen LogP contribution in [0.3, 0.4) is 0 Å². The fourth-order valence-corrected chi connectivity index (χ4v) is 2.37. The summed E-state index contributed by atoms with van der Waals surface area (Å²) in [6.45, 7) is 4.15. The van der Waals surface area contributed by atoms with E-state index in [1.165, 1.54) is 16.6 Å². The smallest absolute Gasteiger partial charge is 0.221 e. The molecule has 3 heteroatoms. The highest BCUT2D eigenvalue weighted by atomic mass is 16.1. The van der Waals surface area contributed by atoms with Crippen LogP contribution in [-0.2, 0) is 18.3 Å². The number of carbonyl (C=O) groups excluding carboxylic acids is 1. The number of carbonyl (C=O) groups is 1. The predicted molar refractivity (Wildman–Crippen MR) is 65.3 cm³/mol. The summed E-state index contributed by atoms with van der Waals surface area (Å²) >= 11 is 0. The van der Waals surface area contributed by atoms with Gasteiger partial charge in [-0.05, 0) is 31.0 Å². The number of aryl methyl sites for hydroxylation is 3. The Morgan fingerprint density at radius 2 is 2.06 bits per heavy atom. The van der Waals surface area contributed by atoms with Gasteiger partial charge >= 0.3 is 0 Å². The van der Waals surface area contributed by atoms with Crippen molar-refractivity contribution in [2.75, 3.05) is 0 Å². The second-order valence-corrected chi connectivity index (χ2v) is 4.39. The monoisotopic (exact) mass is 216 g/mol. The van der Waals surface area contributed by atoms with E-state index < -0.39 is 0 Å². The molecule has 2 rings (SSSR count). The Hall–Kier alpha value is -1.77. The first-order chi connectivity index (χ1) is 7.49. The fraction of sp³-hybridized carbons (Fsp3) is 0.308. The number of amides is 1. The van der Waals surface area contributed by atoms with Gasteiger partial charge in [0, 0.05) is 18.6 Å². The lowest BCUT2D eigenvalue weighted by molar-refractivity contribution is -0.117. The zero-order chi connectivity index (χ0) is 11.9. The highest BCUT2D eigenvalue weighted by Gasteiger charge is 2.10. The Bertz CT molecular complexity index is 567. The Kier molecular flexibility index (Phi) is 2.46. The third kappa shape index (κ3) is 1.69. The van der Waals surface area contributed by atoms with Gasteiger partial charge in [0.1, 0.15) is 0 Å². The molecule has 0 saturated carbocycles. The molecule has 0 spiro atoms. The summed E-state index contributed by atoms with van der Waals surface area (Å²) < 4.78 is 2.06. The Balaban J connectivity index is 2.72. The first-order valence-corrected chi connectivity index (χ1v) is 5.32. The van der Waals surface area contributed by atoms with Crippen LogP contribution in [0.2, 0.25) is 0 Å². The van der Waals surface area contributed by atoms with Crippen molar-refractivity contribution < 1.29 is 4.79 Å². The summed E-state index contributed by atoms with van der Waals surface area (Å²) in [6.07, 6.45) is 2.29. The lowest BCUT2D eigenvalue weighted by Gasteiger charge is -2.03. The first-order valence-electron chi connectivity index (χ1n) is 5.32. The third-order valence-corrected chi connectivity index (χ3v) is 2.86. The van der Waals surface area contributed by atoms with E-state index >= 15 is 0 Å². The zero-order valence-electron chi connectivity index (χ0n) is 9.87. The van der Waals surface area contributed by atoms with E-state index in [2.05, 4.69) is 30.5 Å². The van der Waals surface area contributed by atoms with Crippen LogP contribution in [0.5, 0.6) is 0 Å². The molecule has 0 atom stereocenters. The highest BCUT2D eigenvalue weighted by Crippen LogP contribution is 2.25. The molecule has 0 aliphatic rings. The number of fused-ring (bicyclic) bond motifs is 1. The first kappa shape index (κ1) is 10.7. The number of primary amides is 1. The van der Waals surface area contributed by atoms with Gasteiger partial charge in [-0.15, -0.1) is 0 Å². The molecule has 0 unspecified atom stereocenters. The van der Waals surface area contributed by atoms with Crippen molar-refractivity contribution in [2.45, 2.75) is 20.3 Å². The number of benzene rings is 1. The van der Waals surface area contributed by atoms with E-state index in [4.69, 9.17) is 5.73 Å². The molecule has 84 valence electrons. The quantitative estimate of drug-likeness (QED) is 0.817. The molecule has 0 bridgehead atoms. The minimum Gasteiger partial charge on any atom is -0.369 e. The summed E-state index contributed by atoms with van der Waals surface area (Å²) in [5.74, 6) is -0.286. The maximum absolute atomic E-state index is 11.0. The summed E-state index contributed by atoms with van der Waals surface area (Å²) in [4.78, 5) is 11.0. The van der Waals surface area contributed by atoms with Gasteiger partial charge < -0.3 is 10.3 Å². The summed E-state index contributed by atoms with van der Waals surface area (Å²) in [6, 6.07) is 4.26. The summed E-state index contributed by atoms with van der Waals surface area (Å²) in [5.41, 5.74) is 9.89. The van der Waals surface area contributed by atoms with Crippen LogP contribution >= 0.6 is 0 Å². The zero-order valence-corrected chi connectivity index (χ0v) is 9.87. The molecule has 1 heterocycles. The number of hydrogen-bond donors (Lipinski definition) is 1. The van der Waals surface area contributed by atoms with Gasteiger partial charge in [-0.1, -0.05) is 11.6 Å². The molecule has 1 amide bonds.